The van der Waals surface area contributed by atoms with Crippen LogP contribution in [0.3, 0.4) is 0 Å². The fraction of sp³-hybridized carbons (Fsp3) is 0.778. The molecule has 3 N–H and O–H groups in total. The van der Waals surface area contributed by atoms with E-state index >= 15 is 0 Å². The quantitative estimate of drug-likeness (QED) is 0.0825. The lowest BCUT2D eigenvalue weighted by Crippen LogP contribution is -2.54. The highest BCUT2D eigenvalue weighted by Crippen LogP contribution is 2.62. The SMILES string of the molecule is C=C1CC[C@H]2[C@](C)(COC(=O)[C@@H](CC(=O)O)[C@@H](OC[C@H]3C(=C)CC[C@H]4[C@](C)(CO)CCC[C@]34C)C(=O)OC)CCC[C@]2(C)[C@H]1CO[C@@H](C(=O)OC)[C@H](CC(=O)O)C(=O)OC. The molecule has 60 heavy (non-hydrogen) atoms. The lowest BCUT2D eigenvalue weighted by Gasteiger charge is -2.58. The van der Waals surface area contributed by atoms with Gasteiger partial charge in [0.1, 0.15) is 11.8 Å². The molecule has 4 saturated carbocycles. The van der Waals surface area contributed by atoms with Crippen LogP contribution in [0.5, 0.6) is 0 Å². The number of ether oxygens (including phenoxy) is 6. The molecule has 0 aromatic carbocycles. The molecular weight excluding hydrogens is 780 g/mol. The smallest absolute Gasteiger partial charge is 0.335 e. The Morgan fingerprint density at radius 3 is 1.43 bits per heavy atom. The van der Waals surface area contributed by atoms with E-state index < -0.39 is 83.5 Å². The largest absolute Gasteiger partial charge is 0.481 e. The maximum absolute atomic E-state index is 14.1. The first-order valence-corrected chi connectivity index (χ1v) is 21.2. The van der Waals surface area contributed by atoms with Crippen molar-refractivity contribution in [2.45, 2.75) is 117 Å². The topological polar surface area (TPSA) is 218 Å². The number of aliphatic hydroxyl groups excluding tert-OH is 1. The predicted octanol–water partition coefficient (Wildman–Crippen LogP) is 5.55. The van der Waals surface area contributed by atoms with Gasteiger partial charge in [0.05, 0.1) is 54.0 Å². The number of carbonyl (C=O) groups excluding carboxylic acids is 4. The van der Waals surface area contributed by atoms with Crippen LogP contribution in [-0.4, -0.2) is 111 Å². The predicted molar refractivity (Wildman–Crippen MR) is 216 cm³/mol. The molecule has 4 fully saturated rings. The molecule has 338 valence electrons. The van der Waals surface area contributed by atoms with E-state index in [4.69, 9.17) is 28.4 Å². The Balaban J connectivity index is 1.55. The van der Waals surface area contributed by atoms with Crippen LogP contribution in [0.2, 0.25) is 0 Å². The van der Waals surface area contributed by atoms with E-state index in [9.17, 15) is 44.1 Å². The number of fused-ring (bicyclic) bond motifs is 2. The summed E-state index contributed by atoms with van der Waals surface area (Å²) >= 11 is 0. The number of hydrogen-bond acceptors (Lipinski definition) is 13. The van der Waals surface area contributed by atoms with Crippen molar-refractivity contribution in [2.24, 2.45) is 57.2 Å². The van der Waals surface area contributed by atoms with E-state index in [1.54, 1.807) is 0 Å². The van der Waals surface area contributed by atoms with Crippen molar-refractivity contribution in [2.75, 3.05) is 47.8 Å². The monoisotopic (exact) mass is 848 g/mol. The van der Waals surface area contributed by atoms with Gasteiger partial charge in [-0.3, -0.25) is 19.2 Å². The Labute approximate surface area is 353 Å². The molecule has 4 rings (SSSR count). The summed E-state index contributed by atoms with van der Waals surface area (Å²) in [4.78, 5) is 77.0. The molecule has 0 heterocycles. The molecule has 4 aliphatic rings. The van der Waals surface area contributed by atoms with Gasteiger partial charge in [-0.15, -0.1) is 0 Å². The molecule has 0 bridgehead atoms. The summed E-state index contributed by atoms with van der Waals surface area (Å²) in [6, 6.07) is 0. The molecule has 15 nitrogen and oxygen atoms in total. The van der Waals surface area contributed by atoms with Crippen LogP contribution in [0, 0.1) is 57.2 Å². The number of esters is 4. The summed E-state index contributed by atoms with van der Waals surface area (Å²) in [6.45, 7) is 17.0. The normalized spacial score (nSPS) is 33.5. The molecule has 0 aliphatic heterocycles. The third-order valence-corrected chi connectivity index (χ3v) is 15.3. The summed E-state index contributed by atoms with van der Waals surface area (Å²) in [5, 5.41) is 29.9. The lowest BCUT2D eigenvalue weighted by atomic mass is 9.47. The number of aliphatic hydroxyl groups is 1. The molecule has 0 aromatic heterocycles. The number of hydrogen-bond donors (Lipinski definition) is 3. The second-order valence-corrected chi connectivity index (χ2v) is 18.9. The summed E-state index contributed by atoms with van der Waals surface area (Å²) in [5.74, 6) is -9.69. The molecule has 0 spiro atoms. The van der Waals surface area contributed by atoms with Crippen molar-refractivity contribution in [1.82, 2.24) is 0 Å². The maximum Gasteiger partial charge on any atom is 0.335 e. The second kappa shape index (κ2) is 19.9. The Morgan fingerprint density at radius 1 is 0.633 bits per heavy atom. The van der Waals surface area contributed by atoms with Gasteiger partial charge < -0.3 is 43.7 Å². The van der Waals surface area contributed by atoms with Gasteiger partial charge >= 0.3 is 35.8 Å². The zero-order valence-corrected chi connectivity index (χ0v) is 36.6. The van der Waals surface area contributed by atoms with Crippen LogP contribution in [-0.2, 0) is 57.2 Å². The van der Waals surface area contributed by atoms with E-state index in [0.717, 1.165) is 77.4 Å². The van der Waals surface area contributed by atoms with Crippen molar-refractivity contribution < 1.29 is 72.5 Å². The third-order valence-electron chi connectivity index (χ3n) is 15.3. The van der Waals surface area contributed by atoms with E-state index in [2.05, 4.69) is 33.9 Å². The number of carboxylic acids is 2. The van der Waals surface area contributed by atoms with Crippen LogP contribution >= 0.6 is 0 Å². The maximum atomic E-state index is 14.1. The van der Waals surface area contributed by atoms with Crippen molar-refractivity contribution in [3.8, 4) is 0 Å². The van der Waals surface area contributed by atoms with Gasteiger partial charge in [-0.25, -0.2) is 9.59 Å². The standard InChI is InChI=1S/C45H68O15/c1-26-12-14-32-42(3,24-46)16-10-18-44(32,5)30(26)22-59-37(41(54)57-9)29(21-35(49)50)39(52)60-25-43(4)17-11-19-45(6)31(27(2)13-15-33(43)45)23-58-36(40(53)56-8)28(20-34(47)48)38(51)55-7/h28-33,36-37,46H,1-2,10-25H2,3-9H3,(H,47,48)(H,49,50)/t28-,29-,30-,31-,32-,33-,36+,37+,42-,43-,44+,45+/m0/s1. The van der Waals surface area contributed by atoms with Gasteiger partial charge in [0.15, 0.2) is 12.2 Å². The Morgan fingerprint density at radius 2 is 1.03 bits per heavy atom. The third kappa shape index (κ3) is 10.1. The fourth-order valence-electron chi connectivity index (χ4n) is 12.0. The molecule has 0 saturated heterocycles. The highest BCUT2D eigenvalue weighted by atomic mass is 16.6. The first kappa shape index (κ1) is 48.8. The van der Waals surface area contributed by atoms with E-state index in [-0.39, 0.29) is 60.9 Å². The average molecular weight is 849 g/mol. The molecule has 0 unspecified atom stereocenters. The van der Waals surface area contributed by atoms with Gasteiger partial charge in [-0.1, -0.05) is 64.8 Å². The van der Waals surface area contributed by atoms with Crippen molar-refractivity contribution in [3.05, 3.63) is 24.3 Å². The van der Waals surface area contributed by atoms with Crippen LogP contribution in [0.1, 0.15) is 105 Å². The number of methoxy groups -OCH3 is 3. The van der Waals surface area contributed by atoms with Gasteiger partial charge in [-0.05, 0) is 79.4 Å². The minimum atomic E-state index is -1.56. The summed E-state index contributed by atoms with van der Waals surface area (Å²) in [7, 11) is 3.37. The van der Waals surface area contributed by atoms with Crippen LogP contribution < -0.4 is 0 Å². The molecule has 15 heteroatoms. The van der Waals surface area contributed by atoms with Gasteiger partial charge in [0, 0.05) is 23.9 Å². The van der Waals surface area contributed by atoms with Crippen molar-refractivity contribution >= 4 is 35.8 Å². The summed E-state index contributed by atoms with van der Waals surface area (Å²) in [5.41, 5.74) is 0.124. The minimum absolute atomic E-state index is 0.00944. The van der Waals surface area contributed by atoms with Gasteiger partial charge in [0.2, 0.25) is 0 Å². The molecular formula is C45H68O15. The van der Waals surface area contributed by atoms with Crippen LogP contribution in [0.4, 0.5) is 0 Å². The minimum Gasteiger partial charge on any atom is -0.481 e. The first-order valence-electron chi connectivity index (χ1n) is 21.2. The zero-order chi connectivity index (χ0) is 44.8. The molecule has 4 aliphatic carbocycles. The average Bonchev–Trinajstić information content (AvgIpc) is 3.19. The summed E-state index contributed by atoms with van der Waals surface area (Å²) in [6.07, 6.45) is 3.09. The Bertz CT molecular complexity index is 1640. The Hall–Kier alpha value is -3.82. The number of carbonyl (C=O) groups is 6. The Kier molecular flexibility index (Phi) is 16.2. The second-order valence-electron chi connectivity index (χ2n) is 18.9. The highest BCUT2D eigenvalue weighted by Gasteiger charge is 2.57. The van der Waals surface area contributed by atoms with Crippen LogP contribution in [0.15, 0.2) is 24.3 Å². The van der Waals surface area contributed by atoms with E-state index in [1.807, 2.05) is 6.92 Å². The molecule has 0 radical (unpaired) electrons. The first-order chi connectivity index (χ1) is 28.2. The van der Waals surface area contributed by atoms with E-state index in [1.165, 1.54) is 0 Å². The van der Waals surface area contributed by atoms with Crippen molar-refractivity contribution in [3.63, 3.8) is 0 Å². The van der Waals surface area contributed by atoms with Gasteiger partial charge in [0.25, 0.3) is 0 Å². The number of carboxylic acid groups (broad SMARTS) is 2. The summed E-state index contributed by atoms with van der Waals surface area (Å²) < 4.78 is 33.2. The number of rotatable bonds is 19. The number of aliphatic carboxylic acids is 2. The zero-order valence-electron chi connectivity index (χ0n) is 36.6. The van der Waals surface area contributed by atoms with Crippen LogP contribution in [0.25, 0.3) is 0 Å². The van der Waals surface area contributed by atoms with E-state index in [0.29, 0.717) is 19.3 Å². The lowest BCUT2D eigenvalue weighted by molar-refractivity contribution is -0.181. The fourth-order valence-corrected chi connectivity index (χ4v) is 12.0. The molecule has 0 amide bonds. The molecule has 12 atom stereocenters. The van der Waals surface area contributed by atoms with Gasteiger partial charge in [-0.2, -0.15) is 0 Å². The molecule has 0 aromatic rings. The van der Waals surface area contributed by atoms with Crippen molar-refractivity contribution in [1.29, 1.82) is 0 Å². The highest BCUT2D eigenvalue weighted by molar-refractivity contribution is 5.87.